The summed E-state index contributed by atoms with van der Waals surface area (Å²) in [7, 11) is 0. The topological polar surface area (TPSA) is 39.6 Å². The zero-order valence-corrected chi connectivity index (χ0v) is 9.14. The van der Waals surface area contributed by atoms with Crippen molar-refractivity contribution in [1.29, 1.82) is 0 Å². The summed E-state index contributed by atoms with van der Waals surface area (Å²) in [4.78, 5) is 8.17. The minimum absolute atomic E-state index is 0.179. The average molecular weight is 225 g/mol. The van der Waals surface area contributed by atoms with Gasteiger partial charge < -0.3 is 10.0 Å². The molecule has 16 heavy (non-hydrogen) atoms. The normalized spacial score (nSPS) is 17.8. The average Bonchev–Trinajstić information content (AvgIpc) is 2.31. The lowest BCUT2D eigenvalue weighted by molar-refractivity contribution is 0.188. The van der Waals surface area contributed by atoms with Crippen LogP contribution in [0.2, 0.25) is 0 Å². The fourth-order valence-electron chi connectivity index (χ4n) is 1.93. The molecule has 1 N–H and O–H groups in total. The highest BCUT2D eigenvalue weighted by atomic mass is 19.1. The molecular weight excluding hydrogens is 209 g/mol. The van der Waals surface area contributed by atoms with E-state index < -0.39 is 0 Å². The molecule has 1 aliphatic rings. The van der Waals surface area contributed by atoms with Crippen LogP contribution in [0.1, 0.15) is 0 Å². The van der Waals surface area contributed by atoms with Gasteiger partial charge in [-0.3, -0.25) is 4.90 Å². The quantitative estimate of drug-likeness (QED) is 0.805. The Hall–Kier alpha value is -1.20. The molecule has 0 spiro atoms. The summed E-state index contributed by atoms with van der Waals surface area (Å²) < 4.78 is 13.5. The Balaban J connectivity index is 1.96. The Morgan fingerprint density at radius 3 is 2.69 bits per heavy atom. The van der Waals surface area contributed by atoms with Crippen molar-refractivity contribution in [2.24, 2.45) is 0 Å². The van der Waals surface area contributed by atoms with Gasteiger partial charge in [0.1, 0.15) is 0 Å². The van der Waals surface area contributed by atoms with Crippen LogP contribution in [0.3, 0.4) is 0 Å². The predicted octanol–water partition coefficient (Wildman–Crippen LogP) is 0.335. The Morgan fingerprint density at radius 1 is 1.31 bits per heavy atom. The zero-order chi connectivity index (χ0) is 11.4. The van der Waals surface area contributed by atoms with Crippen LogP contribution in [-0.4, -0.2) is 54.3 Å². The number of halogens is 1. The van der Waals surface area contributed by atoms with Gasteiger partial charge in [-0.25, -0.2) is 9.37 Å². The molecule has 0 saturated carbocycles. The number of rotatable bonds is 3. The number of hydrogen-bond acceptors (Lipinski definition) is 4. The summed E-state index contributed by atoms with van der Waals surface area (Å²) in [6.07, 6.45) is 1.61. The second-order valence-corrected chi connectivity index (χ2v) is 3.86. The van der Waals surface area contributed by atoms with Crippen molar-refractivity contribution in [2.45, 2.75) is 0 Å². The van der Waals surface area contributed by atoms with Crippen molar-refractivity contribution in [1.82, 2.24) is 9.88 Å². The van der Waals surface area contributed by atoms with Crippen molar-refractivity contribution >= 4 is 5.82 Å². The van der Waals surface area contributed by atoms with E-state index in [4.69, 9.17) is 5.11 Å². The van der Waals surface area contributed by atoms with E-state index in [2.05, 4.69) is 9.88 Å². The first-order valence-electron chi connectivity index (χ1n) is 5.50. The van der Waals surface area contributed by atoms with E-state index >= 15 is 0 Å². The van der Waals surface area contributed by atoms with Crippen molar-refractivity contribution < 1.29 is 9.50 Å². The third-order valence-electron chi connectivity index (χ3n) is 2.83. The van der Waals surface area contributed by atoms with E-state index in [0.717, 1.165) is 26.2 Å². The van der Waals surface area contributed by atoms with Crippen LogP contribution in [-0.2, 0) is 0 Å². The maximum atomic E-state index is 13.5. The van der Waals surface area contributed by atoms with Crippen molar-refractivity contribution in [3.8, 4) is 0 Å². The van der Waals surface area contributed by atoms with Gasteiger partial charge in [0.05, 0.1) is 6.61 Å². The van der Waals surface area contributed by atoms with Gasteiger partial charge >= 0.3 is 0 Å². The second-order valence-electron chi connectivity index (χ2n) is 3.86. The van der Waals surface area contributed by atoms with Crippen molar-refractivity contribution in [3.05, 3.63) is 24.1 Å². The largest absolute Gasteiger partial charge is 0.395 e. The van der Waals surface area contributed by atoms with Gasteiger partial charge in [-0.1, -0.05) is 0 Å². The number of anilines is 1. The van der Waals surface area contributed by atoms with Gasteiger partial charge in [-0.2, -0.15) is 0 Å². The molecule has 1 aromatic rings. The highest BCUT2D eigenvalue weighted by molar-refractivity contribution is 5.40. The highest BCUT2D eigenvalue weighted by Gasteiger charge is 2.19. The Kier molecular flexibility index (Phi) is 3.69. The summed E-state index contributed by atoms with van der Waals surface area (Å²) in [5.41, 5.74) is 0. The first kappa shape index (κ1) is 11.3. The number of aliphatic hydroxyl groups excluding tert-OH is 1. The molecule has 1 aliphatic heterocycles. The molecule has 1 saturated heterocycles. The minimum Gasteiger partial charge on any atom is -0.395 e. The SMILES string of the molecule is OCCN1CCN(c2ncccc2F)CC1. The molecule has 0 unspecified atom stereocenters. The number of β-amino-alcohol motifs (C(OH)–C–C–N with tert-alkyl or cyclic N) is 1. The number of hydrogen-bond donors (Lipinski definition) is 1. The van der Waals surface area contributed by atoms with Crippen molar-refractivity contribution in [3.63, 3.8) is 0 Å². The van der Waals surface area contributed by atoms with Crippen LogP contribution in [0.15, 0.2) is 18.3 Å². The molecule has 5 heteroatoms. The first-order valence-corrected chi connectivity index (χ1v) is 5.50. The molecule has 1 fully saturated rings. The summed E-state index contributed by atoms with van der Waals surface area (Å²) >= 11 is 0. The van der Waals surface area contributed by atoms with Gasteiger partial charge in [0.25, 0.3) is 0 Å². The molecule has 4 nitrogen and oxygen atoms in total. The van der Waals surface area contributed by atoms with Crippen LogP contribution in [0.5, 0.6) is 0 Å². The number of aromatic nitrogens is 1. The third kappa shape index (κ3) is 2.48. The Morgan fingerprint density at radius 2 is 2.06 bits per heavy atom. The summed E-state index contributed by atoms with van der Waals surface area (Å²) in [6, 6.07) is 3.03. The van der Waals surface area contributed by atoms with Crippen LogP contribution < -0.4 is 4.90 Å². The van der Waals surface area contributed by atoms with Gasteiger partial charge in [0, 0.05) is 38.9 Å². The van der Waals surface area contributed by atoms with Gasteiger partial charge in [-0.05, 0) is 12.1 Å². The number of pyridine rings is 1. The van der Waals surface area contributed by atoms with Crippen molar-refractivity contribution in [2.75, 3.05) is 44.2 Å². The highest BCUT2D eigenvalue weighted by Crippen LogP contribution is 2.16. The number of nitrogens with zero attached hydrogens (tertiary/aromatic N) is 3. The Bertz CT molecular complexity index is 340. The molecule has 0 atom stereocenters. The van der Waals surface area contributed by atoms with Crippen LogP contribution in [0.25, 0.3) is 0 Å². The number of aliphatic hydroxyl groups is 1. The molecule has 2 heterocycles. The molecule has 88 valence electrons. The fourth-order valence-corrected chi connectivity index (χ4v) is 1.93. The first-order chi connectivity index (χ1) is 7.81. The van der Waals surface area contributed by atoms with Crippen LogP contribution in [0.4, 0.5) is 10.2 Å². The van der Waals surface area contributed by atoms with Crippen LogP contribution >= 0.6 is 0 Å². The monoisotopic (exact) mass is 225 g/mol. The zero-order valence-electron chi connectivity index (χ0n) is 9.14. The second kappa shape index (κ2) is 5.23. The molecule has 0 aliphatic carbocycles. The molecule has 0 bridgehead atoms. The fraction of sp³-hybridized carbons (Fsp3) is 0.545. The summed E-state index contributed by atoms with van der Waals surface area (Å²) in [5, 5.41) is 8.82. The van der Waals surface area contributed by atoms with E-state index in [1.807, 2.05) is 4.90 Å². The lowest BCUT2D eigenvalue weighted by Crippen LogP contribution is -2.47. The molecule has 0 radical (unpaired) electrons. The molecule has 0 aromatic carbocycles. The number of piperazine rings is 1. The maximum Gasteiger partial charge on any atom is 0.165 e. The van der Waals surface area contributed by atoms with Gasteiger partial charge in [0.2, 0.25) is 0 Å². The lowest BCUT2D eigenvalue weighted by Gasteiger charge is -2.35. The molecule has 0 amide bonds. The third-order valence-corrected chi connectivity index (χ3v) is 2.83. The summed E-state index contributed by atoms with van der Waals surface area (Å²) in [5.74, 6) is 0.171. The van der Waals surface area contributed by atoms with E-state index in [1.165, 1.54) is 6.07 Å². The van der Waals surface area contributed by atoms with Crippen LogP contribution in [0, 0.1) is 5.82 Å². The van der Waals surface area contributed by atoms with Gasteiger partial charge in [-0.15, -0.1) is 0 Å². The van der Waals surface area contributed by atoms with E-state index in [9.17, 15) is 4.39 Å². The van der Waals surface area contributed by atoms with E-state index in [1.54, 1.807) is 12.3 Å². The predicted molar refractivity (Wildman–Crippen MR) is 59.9 cm³/mol. The molecule has 2 rings (SSSR count). The standard InChI is InChI=1S/C11H16FN3O/c12-10-2-1-3-13-11(10)15-6-4-14(5-7-15)8-9-16/h1-3,16H,4-9H2. The smallest absolute Gasteiger partial charge is 0.165 e. The minimum atomic E-state index is -0.266. The van der Waals surface area contributed by atoms with Gasteiger partial charge in [0.15, 0.2) is 11.6 Å². The maximum absolute atomic E-state index is 13.5. The summed E-state index contributed by atoms with van der Waals surface area (Å²) in [6.45, 7) is 4.07. The van der Waals surface area contributed by atoms with E-state index in [0.29, 0.717) is 12.4 Å². The Labute approximate surface area is 94.3 Å². The van der Waals surface area contributed by atoms with E-state index in [-0.39, 0.29) is 12.4 Å². The molecule has 1 aromatic heterocycles. The molecular formula is C11H16FN3O. The lowest BCUT2D eigenvalue weighted by atomic mass is 10.3.